The van der Waals surface area contributed by atoms with Gasteiger partial charge in [-0.15, -0.1) is 0 Å². The number of carbonyl (C=O) groups excluding carboxylic acids is 3. The van der Waals surface area contributed by atoms with E-state index >= 15 is 0 Å². The van der Waals surface area contributed by atoms with Crippen molar-refractivity contribution in [2.24, 2.45) is 28.1 Å². The number of hydrogen-bond donors (Lipinski definition) is 1. The third-order valence-corrected chi connectivity index (χ3v) is 10.4. The number of hydrogen-bond acceptors (Lipinski definition) is 9. The SMILES string of the molecule is CC(=O)O[C@@H]1C[C@H]2C(C)(C)OC(=O)C=C[C@]2(C)[C@H]2[C@@H](O)C[C@@]3(C)[C@H](c4ccoc4)OC(=O)[C@H]4O[C@]43[C@@]21C. The topological polar surface area (TPSA) is 125 Å². The molecule has 2 saturated carbocycles. The largest absolute Gasteiger partial charge is 0.472 e. The number of aliphatic hydroxyl groups is 1. The van der Waals surface area contributed by atoms with Gasteiger partial charge >= 0.3 is 17.9 Å². The zero-order chi connectivity index (χ0) is 26.8. The summed E-state index contributed by atoms with van der Waals surface area (Å²) in [6, 6.07) is 1.75. The maximum atomic E-state index is 13.3. The van der Waals surface area contributed by atoms with Crippen LogP contribution < -0.4 is 0 Å². The second-order valence-corrected chi connectivity index (χ2v) is 12.7. The van der Waals surface area contributed by atoms with Crippen LogP contribution in [0.15, 0.2) is 35.2 Å². The number of esters is 3. The monoisotopic (exact) mass is 514 g/mol. The summed E-state index contributed by atoms with van der Waals surface area (Å²) in [7, 11) is 0. The van der Waals surface area contributed by atoms with Crippen LogP contribution >= 0.6 is 0 Å². The van der Waals surface area contributed by atoms with E-state index in [2.05, 4.69) is 0 Å². The molecule has 37 heavy (non-hydrogen) atoms. The van der Waals surface area contributed by atoms with Crippen molar-refractivity contribution < 1.29 is 42.9 Å². The molecule has 9 nitrogen and oxygen atoms in total. The van der Waals surface area contributed by atoms with Crippen molar-refractivity contribution in [3.63, 3.8) is 0 Å². The van der Waals surface area contributed by atoms with E-state index in [1.165, 1.54) is 19.3 Å². The Balaban J connectivity index is 1.59. The maximum Gasteiger partial charge on any atom is 0.339 e. The summed E-state index contributed by atoms with van der Waals surface area (Å²) in [4.78, 5) is 38.4. The highest BCUT2D eigenvalue weighted by Gasteiger charge is 2.89. The van der Waals surface area contributed by atoms with Crippen LogP contribution in [0, 0.1) is 28.1 Å². The Labute approximate surface area is 215 Å². The molecule has 0 bridgehead atoms. The third-order valence-electron chi connectivity index (χ3n) is 10.4. The summed E-state index contributed by atoms with van der Waals surface area (Å²) in [6.45, 7) is 11.0. The molecule has 2 saturated heterocycles. The van der Waals surface area contributed by atoms with E-state index in [0.29, 0.717) is 12.0 Å². The van der Waals surface area contributed by atoms with Crippen molar-refractivity contribution in [1.82, 2.24) is 0 Å². The first-order chi connectivity index (χ1) is 17.2. The lowest BCUT2D eigenvalue weighted by atomic mass is 9.36. The molecule has 0 unspecified atom stereocenters. The predicted molar refractivity (Wildman–Crippen MR) is 127 cm³/mol. The molecule has 1 aromatic rings. The molecular formula is C28H34O9. The molecule has 5 aliphatic rings. The average molecular weight is 515 g/mol. The summed E-state index contributed by atoms with van der Waals surface area (Å²) in [5.41, 5.74) is -3.89. The molecule has 0 aromatic carbocycles. The predicted octanol–water partition coefficient (Wildman–Crippen LogP) is 3.26. The summed E-state index contributed by atoms with van der Waals surface area (Å²) in [5, 5.41) is 12.1. The van der Waals surface area contributed by atoms with Gasteiger partial charge in [0.2, 0.25) is 0 Å². The Bertz CT molecular complexity index is 1200. The molecule has 9 heteroatoms. The fourth-order valence-corrected chi connectivity index (χ4v) is 9.29. The Morgan fingerprint density at radius 3 is 2.51 bits per heavy atom. The van der Waals surface area contributed by atoms with Gasteiger partial charge in [-0.2, -0.15) is 0 Å². The van der Waals surface area contributed by atoms with Gasteiger partial charge in [-0.05, 0) is 38.2 Å². The van der Waals surface area contributed by atoms with E-state index in [0.717, 1.165) is 0 Å². The highest BCUT2D eigenvalue weighted by molar-refractivity contribution is 5.84. The number of furan rings is 1. The van der Waals surface area contributed by atoms with Gasteiger partial charge in [-0.25, -0.2) is 9.59 Å². The van der Waals surface area contributed by atoms with Crippen LogP contribution in [-0.2, 0) is 33.3 Å². The van der Waals surface area contributed by atoms with Gasteiger partial charge in [-0.1, -0.05) is 26.8 Å². The smallest absolute Gasteiger partial charge is 0.339 e. The molecule has 4 fully saturated rings. The minimum atomic E-state index is -1.08. The van der Waals surface area contributed by atoms with E-state index in [9.17, 15) is 19.5 Å². The van der Waals surface area contributed by atoms with Crippen LogP contribution in [0.1, 0.15) is 66.1 Å². The van der Waals surface area contributed by atoms with Crippen LogP contribution in [0.3, 0.4) is 0 Å². The summed E-state index contributed by atoms with van der Waals surface area (Å²) in [5.74, 6) is -2.21. The maximum absolute atomic E-state index is 13.3. The van der Waals surface area contributed by atoms with Crippen molar-refractivity contribution in [3.05, 3.63) is 36.3 Å². The zero-order valence-corrected chi connectivity index (χ0v) is 22.0. The molecule has 3 aliphatic heterocycles. The van der Waals surface area contributed by atoms with E-state index in [1.807, 2.05) is 40.7 Å². The molecule has 0 radical (unpaired) electrons. The van der Waals surface area contributed by atoms with Crippen LogP contribution in [0.5, 0.6) is 0 Å². The number of carbonyl (C=O) groups is 3. The molecular weight excluding hydrogens is 480 g/mol. The Kier molecular flexibility index (Phi) is 4.84. The lowest BCUT2D eigenvalue weighted by Crippen LogP contribution is -2.75. The van der Waals surface area contributed by atoms with E-state index < -0.39 is 75.7 Å². The van der Waals surface area contributed by atoms with E-state index in [-0.39, 0.29) is 12.3 Å². The van der Waals surface area contributed by atoms with E-state index in [1.54, 1.807) is 12.3 Å². The van der Waals surface area contributed by atoms with Gasteiger partial charge in [0.15, 0.2) is 6.10 Å². The normalized spacial score (nSPS) is 49.3. The van der Waals surface area contributed by atoms with Crippen molar-refractivity contribution in [3.8, 4) is 0 Å². The van der Waals surface area contributed by atoms with Gasteiger partial charge in [-0.3, -0.25) is 4.79 Å². The fraction of sp³-hybridized carbons (Fsp3) is 0.679. The minimum absolute atomic E-state index is 0.269. The summed E-state index contributed by atoms with van der Waals surface area (Å²) >= 11 is 0. The highest BCUT2D eigenvalue weighted by atomic mass is 16.7. The van der Waals surface area contributed by atoms with Crippen molar-refractivity contribution in [2.45, 2.75) is 90.0 Å². The van der Waals surface area contributed by atoms with Crippen molar-refractivity contribution in [1.29, 1.82) is 0 Å². The lowest BCUT2D eigenvalue weighted by molar-refractivity contribution is -0.281. The number of cyclic esters (lactones) is 2. The standard InChI is InChI=1S/C28H34O9/c1-14(29)34-18-11-17-24(2,3)36-19(31)7-9-25(17,4)20-16(30)12-26(5)21(15-8-10-33-13-15)35-23(32)22-28(26,37-22)27(18,20)6/h7-10,13,16-18,20-22,30H,11-12H2,1-6H3/t16-,17-,18+,20+,21-,22+,25-,26-,27+,28+/m0/s1. The Hall–Kier alpha value is -2.65. The van der Waals surface area contributed by atoms with Crippen LogP contribution in [0.2, 0.25) is 0 Å². The fourth-order valence-electron chi connectivity index (χ4n) is 9.29. The molecule has 0 amide bonds. The number of fused-ring (bicyclic) bond motifs is 3. The van der Waals surface area contributed by atoms with Gasteiger partial charge < -0.3 is 28.5 Å². The molecule has 4 heterocycles. The summed E-state index contributed by atoms with van der Waals surface area (Å²) < 4.78 is 29.5. The first-order valence-electron chi connectivity index (χ1n) is 12.9. The second kappa shape index (κ2) is 7.26. The Morgan fingerprint density at radius 1 is 1.14 bits per heavy atom. The van der Waals surface area contributed by atoms with Crippen LogP contribution in [0.25, 0.3) is 0 Å². The number of aliphatic hydroxyl groups excluding tert-OH is 1. The Morgan fingerprint density at radius 2 is 1.86 bits per heavy atom. The molecule has 6 rings (SSSR count). The van der Waals surface area contributed by atoms with Gasteiger partial charge in [0.25, 0.3) is 0 Å². The van der Waals surface area contributed by atoms with Crippen molar-refractivity contribution >= 4 is 17.9 Å². The van der Waals surface area contributed by atoms with E-state index in [4.69, 9.17) is 23.4 Å². The second-order valence-electron chi connectivity index (χ2n) is 12.7. The molecule has 1 aromatic heterocycles. The molecule has 200 valence electrons. The zero-order valence-electron chi connectivity index (χ0n) is 22.0. The molecule has 1 N–H and O–H groups in total. The summed E-state index contributed by atoms with van der Waals surface area (Å²) in [6.07, 6.45) is 3.78. The molecule has 1 spiro atoms. The average Bonchev–Trinajstić information content (AvgIpc) is 3.38. The van der Waals surface area contributed by atoms with Crippen LogP contribution in [0.4, 0.5) is 0 Å². The minimum Gasteiger partial charge on any atom is -0.472 e. The molecule has 2 aliphatic carbocycles. The number of epoxide rings is 1. The number of allylic oxidation sites excluding steroid dienone is 1. The molecule has 10 atom stereocenters. The number of rotatable bonds is 2. The number of ether oxygens (including phenoxy) is 4. The van der Waals surface area contributed by atoms with Gasteiger partial charge in [0.05, 0.1) is 18.6 Å². The quantitative estimate of drug-likeness (QED) is 0.360. The van der Waals surface area contributed by atoms with Crippen LogP contribution in [-0.4, -0.2) is 52.5 Å². The highest BCUT2D eigenvalue weighted by Crippen LogP contribution is 2.79. The first kappa shape index (κ1) is 24.7. The van der Waals surface area contributed by atoms with Crippen molar-refractivity contribution in [2.75, 3.05) is 0 Å². The lowest BCUT2D eigenvalue weighted by Gasteiger charge is -2.68. The van der Waals surface area contributed by atoms with Gasteiger partial charge in [0.1, 0.15) is 23.4 Å². The first-order valence-corrected chi connectivity index (χ1v) is 12.9. The van der Waals surface area contributed by atoms with Gasteiger partial charge in [0, 0.05) is 41.2 Å². The third kappa shape index (κ3) is 2.84.